The number of fused-ring (bicyclic) bond motifs is 10. The number of hydrogen-bond acceptors (Lipinski definition) is 10. The summed E-state index contributed by atoms with van der Waals surface area (Å²) in [6.45, 7) is -10.6. The zero-order chi connectivity index (χ0) is 84.3. The maximum atomic E-state index is 15.1. The Morgan fingerprint density at radius 1 is 0.320 bits per heavy atom. The van der Waals surface area contributed by atoms with Gasteiger partial charge in [0.25, 0.3) is 0 Å². The van der Waals surface area contributed by atoms with E-state index in [0.717, 1.165) is 0 Å². The van der Waals surface area contributed by atoms with Crippen molar-refractivity contribution in [2.24, 2.45) is 17.8 Å². The molecule has 0 aliphatic heterocycles. The molecule has 32 rings (SSSR count). The third-order valence-corrected chi connectivity index (χ3v) is 32.4. The molecule has 10 nitrogen and oxygen atoms in total. The molecule has 1 saturated carbocycles. The number of alkyl halides is 15. The van der Waals surface area contributed by atoms with Gasteiger partial charge in [0, 0.05) is 35.5 Å². The summed E-state index contributed by atoms with van der Waals surface area (Å²) >= 11 is 0. The lowest BCUT2D eigenvalue weighted by molar-refractivity contribution is -0.188. The van der Waals surface area contributed by atoms with Crippen LogP contribution in [0.4, 0.5) is 65.9 Å². The van der Waals surface area contributed by atoms with Gasteiger partial charge in [0.2, 0.25) is 0 Å². The van der Waals surface area contributed by atoms with E-state index in [1.165, 1.54) is 38.4 Å². The van der Waals surface area contributed by atoms with Gasteiger partial charge >= 0.3 is 60.7 Å². The third kappa shape index (κ3) is 7.03. The van der Waals surface area contributed by atoms with Crippen molar-refractivity contribution < 1.29 is 114 Å². The first-order chi connectivity index (χ1) is 59.7. The molecule has 8 unspecified atom stereocenters. The van der Waals surface area contributed by atoms with Crippen LogP contribution in [-0.2, 0) is 63.9 Å². The minimum atomic E-state index is -5.14. The SMILES string of the molecule is C1=CC2c3ccc4c5ccc6c7ccc8c9ccc%10c%11c%12c(c2c2c3c4c3c5c6c4c7c8c(c9%11)c5c%12c2c3c45)C1%10.O=C(CC1C=C2c3ccc4c5ccc6c7ccc8c9c%10c%11c%12c%13c%14c(c3c4c%13c5c6c%12c97)C2(CC(=O)OCC(F)(F)F)C2=C1C1C(=C2[C@@]%14%11CC(=O)OCC(F)(F)F)C%10(CC(=O)OCC(F)(F)F)C8CC1CC(=O)OCC(F)(F)F)OCC(F)(F)F. The summed E-state index contributed by atoms with van der Waals surface area (Å²) in [5, 5.41) is 44.8. The number of ether oxygens (including phenoxy) is 5. The molecule has 9 atom stereocenters. The lowest BCUT2D eigenvalue weighted by Gasteiger charge is -2.56. The Bertz CT molecular complexity index is 8800. The molecule has 21 aromatic rings. The van der Waals surface area contributed by atoms with Crippen molar-refractivity contribution in [1.29, 1.82) is 0 Å². The Hall–Kier alpha value is -12.8. The van der Waals surface area contributed by atoms with E-state index in [2.05, 4.69) is 60.7 Å². The van der Waals surface area contributed by atoms with Crippen LogP contribution in [0.2, 0.25) is 0 Å². The maximum Gasteiger partial charge on any atom is 0.422 e. The van der Waals surface area contributed by atoms with Crippen LogP contribution in [0.1, 0.15) is 112 Å². The molecular formula is C100H45F15O10. The first-order valence-corrected chi connectivity index (χ1v) is 41.5. The standard InChI is InChI=1S/C60H33F15O10.C40H12/c61-56(62,63)14-81-29(76)9-19-7-27-25-5-3-23-21-1-2-22-24-4-6-26-28-8-20(10-30(77)82-15-57(64,65)66)35-34(19)46-52-47(35)54(28,12-32(79)84-17-59(70,71)72)49-41(26)39(24)43-37(22)36(21)42-38(23)40(25)48(53(27,46)11-31(78)83-16-58(67,68)69)50-44(42)45(43)51(49)55(50,52)13-33(80)85-18-60(73,74)75;1-2-12-14-5-6-16-18-9-10-20-19-8-7-17-15-4-3-13-11(1)21-22(12)32-24(14)26(16)34-29(18)30(20)35-28(19)27(17)33-25(15)23(13)31(21)36-37(32)39(34)40(35)38(33)36/h1-7,19-20,28,35H,8-18H2;1-12H/t19?,20?,28?,35?,53?,54?,55-;/m0./s1. The van der Waals surface area contributed by atoms with Crippen LogP contribution in [0.15, 0.2) is 125 Å². The molecular weight excluding hydrogens is 1650 g/mol. The summed E-state index contributed by atoms with van der Waals surface area (Å²) in [5.74, 6) is -12.6. The van der Waals surface area contributed by atoms with Gasteiger partial charge in [-0.2, -0.15) is 65.9 Å². The summed E-state index contributed by atoms with van der Waals surface area (Å²) in [5.41, 5.74) is 0.934. The van der Waals surface area contributed by atoms with Gasteiger partial charge in [-0.05, 0) is 301 Å². The Morgan fingerprint density at radius 3 is 1.10 bits per heavy atom. The highest BCUT2D eigenvalue weighted by atomic mass is 19.4. The van der Waals surface area contributed by atoms with Crippen LogP contribution in [0.5, 0.6) is 0 Å². The summed E-state index contributed by atoms with van der Waals surface area (Å²) in [7, 11) is 0. The highest BCUT2D eigenvalue weighted by Gasteiger charge is 2.76. The van der Waals surface area contributed by atoms with E-state index in [9.17, 15) is 85.0 Å². The fraction of sp³-hybridized carbons (Fsp3) is 0.250. The number of rotatable bonds is 15. The van der Waals surface area contributed by atoms with Crippen LogP contribution in [0.25, 0.3) is 210 Å². The summed E-state index contributed by atoms with van der Waals surface area (Å²) in [4.78, 5) is 73.2. The molecule has 0 heterocycles. The second kappa shape index (κ2) is 19.9. The predicted molar refractivity (Wildman–Crippen MR) is 436 cm³/mol. The molecule has 0 N–H and O–H groups in total. The molecule has 0 aromatic heterocycles. The van der Waals surface area contributed by atoms with Gasteiger partial charge in [-0.25, -0.2) is 0 Å². The first-order valence-electron chi connectivity index (χ1n) is 41.5. The number of carbonyl (C=O) groups excluding carboxylic acids is 5. The third-order valence-electron chi connectivity index (χ3n) is 32.4. The molecule has 125 heavy (non-hydrogen) atoms. The molecule has 0 saturated heterocycles. The van der Waals surface area contributed by atoms with E-state index in [1.807, 2.05) is 12.1 Å². The molecule has 25 heteroatoms. The van der Waals surface area contributed by atoms with Gasteiger partial charge in [-0.1, -0.05) is 109 Å². The Labute approximate surface area is 685 Å². The molecule has 1 fully saturated rings. The van der Waals surface area contributed by atoms with Gasteiger partial charge in [0.15, 0.2) is 33.0 Å². The lowest BCUT2D eigenvalue weighted by atomic mass is 9.45. The molecule has 610 valence electrons. The van der Waals surface area contributed by atoms with Crippen molar-refractivity contribution in [3.05, 3.63) is 181 Å². The Balaban J connectivity index is 0.000000152. The summed E-state index contributed by atoms with van der Waals surface area (Å²) in [6, 6.07) is 30.4. The second-order valence-corrected chi connectivity index (χ2v) is 37.3. The van der Waals surface area contributed by atoms with Crippen LogP contribution in [0.3, 0.4) is 0 Å². The lowest BCUT2D eigenvalue weighted by Crippen LogP contribution is -2.53. The van der Waals surface area contributed by atoms with E-state index in [1.54, 1.807) is 143 Å². The Kier molecular flexibility index (Phi) is 10.9. The molecule has 0 spiro atoms. The number of allylic oxidation sites excluding steroid dienone is 8. The van der Waals surface area contributed by atoms with E-state index < -0.39 is 166 Å². The van der Waals surface area contributed by atoms with Gasteiger partial charge in [0.1, 0.15) is 0 Å². The molecule has 21 aromatic carbocycles. The fourth-order valence-electron chi connectivity index (χ4n) is 30.0. The zero-order valence-electron chi connectivity index (χ0n) is 63.8. The number of esters is 5. The van der Waals surface area contributed by atoms with Crippen molar-refractivity contribution in [3.63, 3.8) is 0 Å². The zero-order valence-corrected chi connectivity index (χ0v) is 63.8. The average molecular weight is 1690 g/mol. The largest absolute Gasteiger partial charge is 0.456 e. The normalized spacial score (nSPS) is 24.0. The maximum absolute atomic E-state index is 15.1. The molecule has 0 radical (unpaired) electrons. The number of hydrogen-bond donors (Lipinski definition) is 0. The number of benzene rings is 15. The number of halogens is 15. The molecule has 0 bridgehead atoms. The predicted octanol–water partition coefficient (Wildman–Crippen LogP) is 24.4. The fourth-order valence-corrected chi connectivity index (χ4v) is 30.0. The van der Waals surface area contributed by atoms with Crippen LogP contribution in [0, 0.1) is 17.8 Å². The van der Waals surface area contributed by atoms with Gasteiger partial charge in [-0.15, -0.1) is 0 Å². The Morgan fingerprint density at radius 2 is 0.656 bits per heavy atom. The minimum Gasteiger partial charge on any atom is -0.456 e. The van der Waals surface area contributed by atoms with Gasteiger partial charge in [0.05, 0.1) is 36.5 Å². The van der Waals surface area contributed by atoms with Crippen molar-refractivity contribution >= 4 is 240 Å². The minimum absolute atomic E-state index is 0.0476. The average Bonchev–Trinajstić information content (AvgIpc) is 1.16. The van der Waals surface area contributed by atoms with Gasteiger partial charge < -0.3 is 23.7 Å². The highest BCUT2D eigenvalue weighted by Crippen LogP contribution is 2.85. The van der Waals surface area contributed by atoms with E-state index in [4.69, 9.17) is 23.7 Å². The van der Waals surface area contributed by atoms with Crippen molar-refractivity contribution in [2.45, 2.75) is 103 Å². The molecule has 11 aliphatic rings. The van der Waals surface area contributed by atoms with Crippen molar-refractivity contribution in [1.82, 2.24) is 0 Å². The number of carbonyl (C=O) groups is 5. The monoisotopic (exact) mass is 1690 g/mol. The first kappa shape index (κ1) is 68.6. The van der Waals surface area contributed by atoms with Gasteiger partial charge in [-0.3, -0.25) is 24.0 Å². The topological polar surface area (TPSA) is 132 Å². The molecule has 0 amide bonds. The summed E-state index contributed by atoms with van der Waals surface area (Å²) in [6.07, 6.45) is -24.6. The van der Waals surface area contributed by atoms with Crippen LogP contribution < -0.4 is 0 Å². The molecule has 11 aliphatic carbocycles. The van der Waals surface area contributed by atoms with Crippen LogP contribution >= 0.6 is 0 Å². The van der Waals surface area contributed by atoms with E-state index in [0.29, 0.717) is 92.8 Å². The van der Waals surface area contributed by atoms with Crippen LogP contribution in [-0.4, -0.2) is 93.8 Å². The quantitative estimate of drug-likeness (QED) is 0.0321. The van der Waals surface area contributed by atoms with Crippen molar-refractivity contribution in [3.8, 4) is 0 Å². The summed E-state index contributed by atoms with van der Waals surface area (Å²) < 4.78 is 236. The van der Waals surface area contributed by atoms with E-state index >= 15 is 4.79 Å². The highest BCUT2D eigenvalue weighted by molar-refractivity contribution is 6.67. The smallest absolute Gasteiger partial charge is 0.422 e. The van der Waals surface area contributed by atoms with E-state index in [-0.39, 0.29) is 62.1 Å². The second-order valence-electron chi connectivity index (χ2n) is 37.3. The van der Waals surface area contributed by atoms with Crippen molar-refractivity contribution in [2.75, 3.05) is 33.0 Å².